The molecule has 160 valence electrons. The summed E-state index contributed by atoms with van der Waals surface area (Å²) in [5.41, 5.74) is 0.141. The van der Waals surface area contributed by atoms with Crippen LogP contribution in [0, 0.1) is 47.1 Å². The third-order valence-corrected chi connectivity index (χ3v) is 6.95. The monoisotopic (exact) mass is 402 g/mol. The molecular formula is C26H36F2O. The maximum atomic E-state index is 14.3. The molecule has 1 aromatic carbocycles. The average molecular weight is 403 g/mol. The van der Waals surface area contributed by atoms with E-state index in [1.54, 1.807) is 0 Å². The van der Waals surface area contributed by atoms with E-state index < -0.39 is 11.6 Å². The van der Waals surface area contributed by atoms with Crippen molar-refractivity contribution in [3.63, 3.8) is 0 Å². The van der Waals surface area contributed by atoms with Gasteiger partial charge < -0.3 is 4.74 Å². The number of benzene rings is 1. The first-order chi connectivity index (χ1) is 14.1. The molecule has 1 aromatic rings. The van der Waals surface area contributed by atoms with Gasteiger partial charge in [-0.1, -0.05) is 51.4 Å². The predicted octanol–water partition coefficient (Wildman–Crippen LogP) is 7.52. The van der Waals surface area contributed by atoms with Gasteiger partial charge in [-0.2, -0.15) is 4.39 Å². The van der Waals surface area contributed by atoms with Gasteiger partial charge in [-0.25, -0.2) is 4.39 Å². The Morgan fingerprint density at radius 2 is 1.52 bits per heavy atom. The highest BCUT2D eigenvalue weighted by molar-refractivity contribution is 5.41. The Balaban J connectivity index is 1.50. The lowest BCUT2D eigenvalue weighted by Crippen LogP contribution is -2.25. The van der Waals surface area contributed by atoms with E-state index in [4.69, 9.17) is 4.74 Å². The van der Waals surface area contributed by atoms with Crippen molar-refractivity contribution in [3.05, 3.63) is 29.3 Å². The summed E-state index contributed by atoms with van der Waals surface area (Å²) in [5, 5.41) is 0. The summed E-state index contributed by atoms with van der Waals surface area (Å²) >= 11 is 0. The van der Waals surface area contributed by atoms with Crippen LogP contribution in [0.5, 0.6) is 5.75 Å². The molecule has 2 aliphatic carbocycles. The molecule has 0 aromatic heterocycles. The fourth-order valence-corrected chi connectivity index (χ4v) is 5.22. The van der Waals surface area contributed by atoms with E-state index in [-0.39, 0.29) is 11.3 Å². The van der Waals surface area contributed by atoms with E-state index in [2.05, 4.69) is 18.8 Å². The van der Waals surface area contributed by atoms with E-state index in [1.807, 2.05) is 6.92 Å². The van der Waals surface area contributed by atoms with Crippen LogP contribution in [0.15, 0.2) is 12.1 Å². The molecule has 0 heterocycles. The van der Waals surface area contributed by atoms with Gasteiger partial charge in [-0.05, 0) is 74.8 Å². The summed E-state index contributed by atoms with van der Waals surface area (Å²) in [4.78, 5) is 0. The van der Waals surface area contributed by atoms with Gasteiger partial charge >= 0.3 is 0 Å². The summed E-state index contributed by atoms with van der Waals surface area (Å²) in [5.74, 6) is 7.31. The fourth-order valence-electron chi connectivity index (χ4n) is 5.22. The molecule has 0 bridgehead atoms. The second-order valence-corrected chi connectivity index (χ2v) is 9.04. The molecule has 0 atom stereocenters. The molecule has 3 heteroatoms. The SMILES string of the molecule is CCCOc1ccc(C#CC2CCC(C3CCC(CCC)CC3)CC2)c(F)c1F. The van der Waals surface area contributed by atoms with E-state index in [0.29, 0.717) is 12.5 Å². The second-order valence-electron chi connectivity index (χ2n) is 9.04. The smallest absolute Gasteiger partial charge is 0.201 e. The fraction of sp³-hybridized carbons (Fsp3) is 0.692. The summed E-state index contributed by atoms with van der Waals surface area (Å²) in [6.07, 6.45) is 13.8. The molecule has 0 radical (unpaired) electrons. The Morgan fingerprint density at radius 3 is 2.14 bits per heavy atom. The highest BCUT2D eigenvalue weighted by Crippen LogP contribution is 2.42. The van der Waals surface area contributed by atoms with Gasteiger partial charge in [0.05, 0.1) is 12.2 Å². The molecule has 0 spiro atoms. The lowest BCUT2D eigenvalue weighted by atomic mass is 9.69. The Kier molecular flexibility index (Phi) is 8.40. The molecule has 2 fully saturated rings. The number of hydrogen-bond donors (Lipinski definition) is 0. The van der Waals surface area contributed by atoms with Crippen molar-refractivity contribution >= 4 is 0 Å². The number of hydrogen-bond acceptors (Lipinski definition) is 1. The molecule has 0 aliphatic heterocycles. The van der Waals surface area contributed by atoms with Crippen LogP contribution < -0.4 is 4.74 Å². The molecule has 1 nitrogen and oxygen atoms in total. The molecule has 0 N–H and O–H groups in total. The van der Waals surface area contributed by atoms with Gasteiger partial charge in [-0.3, -0.25) is 0 Å². The molecule has 3 rings (SSSR count). The first-order valence-corrected chi connectivity index (χ1v) is 11.7. The lowest BCUT2D eigenvalue weighted by Gasteiger charge is -2.37. The number of halogens is 2. The van der Waals surface area contributed by atoms with Gasteiger partial charge in [0.1, 0.15) is 0 Å². The van der Waals surface area contributed by atoms with E-state index in [0.717, 1.165) is 37.0 Å². The standard InChI is InChI=1S/C26H36F2O/c1-3-5-19-6-11-21(12-7-19)22-13-8-20(9-14-22)10-15-23-16-17-24(29-18-4-2)26(28)25(23)27/h16-17,19-22H,3-9,11-14,18H2,1-2H3. The quantitative estimate of drug-likeness (QED) is 0.447. The summed E-state index contributed by atoms with van der Waals surface area (Å²) in [6, 6.07) is 3.03. The molecule has 2 aliphatic rings. The Hall–Kier alpha value is -1.56. The zero-order chi connectivity index (χ0) is 20.6. The van der Waals surface area contributed by atoms with Crippen molar-refractivity contribution in [3.8, 4) is 17.6 Å². The van der Waals surface area contributed by atoms with Crippen LogP contribution in [0.4, 0.5) is 8.78 Å². The molecule has 2 saturated carbocycles. The van der Waals surface area contributed by atoms with Crippen molar-refractivity contribution in [2.45, 2.75) is 84.5 Å². The minimum atomic E-state index is -0.923. The predicted molar refractivity (Wildman–Crippen MR) is 115 cm³/mol. The van der Waals surface area contributed by atoms with E-state index >= 15 is 0 Å². The van der Waals surface area contributed by atoms with E-state index in [1.165, 1.54) is 63.5 Å². The minimum Gasteiger partial charge on any atom is -0.490 e. The molecule has 29 heavy (non-hydrogen) atoms. The zero-order valence-corrected chi connectivity index (χ0v) is 18.1. The maximum Gasteiger partial charge on any atom is 0.201 e. The summed E-state index contributed by atoms with van der Waals surface area (Å²) in [7, 11) is 0. The highest BCUT2D eigenvalue weighted by Gasteiger charge is 2.30. The van der Waals surface area contributed by atoms with Crippen molar-refractivity contribution in [2.75, 3.05) is 6.61 Å². The minimum absolute atomic E-state index is 0.0240. The Bertz CT molecular complexity index is 701. The van der Waals surface area contributed by atoms with Crippen molar-refractivity contribution in [1.82, 2.24) is 0 Å². The third kappa shape index (κ3) is 5.97. The molecule has 0 unspecified atom stereocenters. The van der Waals surface area contributed by atoms with Crippen LogP contribution >= 0.6 is 0 Å². The normalized spacial score (nSPS) is 27.2. The van der Waals surface area contributed by atoms with Crippen LogP contribution in [-0.4, -0.2) is 6.61 Å². The molecule has 0 amide bonds. The first kappa shape index (κ1) is 22.1. The summed E-state index contributed by atoms with van der Waals surface area (Å²) in [6.45, 7) is 4.61. The summed E-state index contributed by atoms with van der Waals surface area (Å²) < 4.78 is 33.6. The van der Waals surface area contributed by atoms with Gasteiger partial charge in [0.25, 0.3) is 0 Å². The van der Waals surface area contributed by atoms with Gasteiger partial charge in [0.2, 0.25) is 5.82 Å². The third-order valence-electron chi connectivity index (χ3n) is 6.95. The largest absolute Gasteiger partial charge is 0.490 e. The van der Waals surface area contributed by atoms with E-state index in [9.17, 15) is 8.78 Å². The maximum absolute atomic E-state index is 14.3. The van der Waals surface area contributed by atoms with Crippen molar-refractivity contribution < 1.29 is 13.5 Å². The van der Waals surface area contributed by atoms with Crippen LogP contribution in [-0.2, 0) is 0 Å². The number of rotatable bonds is 6. The van der Waals surface area contributed by atoms with Gasteiger partial charge in [0, 0.05) is 5.92 Å². The van der Waals surface area contributed by atoms with Crippen LogP contribution in [0.2, 0.25) is 0 Å². The van der Waals surface area contributed by atoms with Crippen molar-refractivity contribution in [2.24, 2.45) is 23.7 Å². The van der Waals surface area contributed by atoms with Crippen molar-refractivity contribution in [1.29, 1.82) is 0 Å². The van der Waals surface area contributed by atoms with Crippen LogP contribution in [0.25, 0.3) is 0 Å². The van der Waals surface area contributed by atoms with Crippen LogP contribution in [0.3, 0.4) is 0 Å². The topological polar surface area (TPSA) is 9.23 Å². The van der Waals surface area contributed by atoms with Gasteiger partial charge in [-0.15, -0.1) is 0 Å². The lowest BCUT2D eigenvalue weighted by molar-refractivity contribution is 0.154. The molecule has 0 saturated heterocycles. The number of ether oxygens (including phenoxy) is 1. The average Bonchev–Trinajstić information content (AvgIpc) is 2.75. The van der Waals surface area contributed by atoms with Crippen LogP contribution in [0.1, 0.15) is 90.0 Å². The van der Waals surface area contributed by atoms with Gasteiger partial charge in [0.15, 0.2) is 11.6 Å². The molecular weight excluding hydrogens is 366 g/mol. The first-order valence-electron chi connectivity index (χ1n) is 11.7. The second kappa shape index (κ2) is 11.0. The Labute approximate surface area is 175 Å². The Morgan fingerprint density at radius 1 is 0.862 bits per heavy atom. The zero-order valence-electron chi connectivity index (χ0n) is 18.1. The highest BCUT2D eigenvalue weighted by atomic mass is 19.2.